The third kappa shape index (κ3) is 5.90. The minimum Gasteiger partial charge on any atom is -0.368 e. The molecule has 2 rings (SSSR count). The van der Waals surface area contributed by atoms with Gasteiger partial charge in [-0.05, 0) is 18.6 Å². The number of benzene rings is 1. The van der Waals surface area contributed by atoms with Crippen LogP contribution < -0.4 is 10.2 Å². The van der Waals surface area contributed by atoms with Gasteiger partial charge in [-0.1, -0.05) is 30.7 Å². The van der Waals surface area contributed by atoms with Crippen molar-refractivity contribution in [3.8, 4) is 0 Å². The molecular weight excluding hydrogens is 340 g/mol. The molecule has 1 heterocycles. The Morgan fingerprint density at radius 3 is 2.52 bits per heavy atom. The highest BCUT2D eigenvalue weighted by atomic mass is 35.5. The van der Waals surface area contributed by atoms with E-state index in [2.05, 4.69) is 15.1 Å². The van der Waals surface area contributed by atoms with Crippen molar-refractivity contribution in [1.82, 2.24) is 15.1 Å². The van der Waals surface area contributed by atoms with Gasteiger partial charge in [0.15, 0.2) is 0 Å². The van der Waals surface area contributed by atoms with Crippen LogP contribution in [0.4, 0.5) is 5.69 Å². The summed E-state index contributed by atoms with van der Waals surface area (Å²) in [5.74, 6) is -0.140. The average molecular weight is 367 g/mol. The normalized spacial score (nSPS) is 15.1. The lowest BCUT2D eigenvalue weighted by atomic mass is 10.2. The molecule has 6 nitrogen and oxygen atoms in total. The van der Waals surface area contributed by atoms with Crippen LogP contribution in [0.3, 0.4) is 0 Å². The summed E-state index contributed by atoms with van der Waals surface area (Å²) in [7, 11) is 1.67. The van der Waals surface area contributed by atoms with Gasteiger partial charge in [0.1, 0.15) is 0 Å². The van der Waals surface area contributed by atoms with Crippen LogP contribution >= 0.6 is 11.6 Å². The van der Waals surface area contributed by atoms with E-state index in [1.807, 2.05) is 31.2 Å². The Morgan fingerprint density at radius 1 is 1.20 bits per heavy atom. The minimum absolute atomic E-state index is 0.0298. The van der Waals surface area contributed by atoms with Crippen LogP contribution in [0.2, 0.25) is 5.02 Å². The van der Waals surface area contributed by atoms with Gasteiger partial charge in [0.05, 0.1) is 23.8 Å². The second kappa shape index (κ2) is 9.63. The molecule has 0 bridgehead atoms. The number of hydrogen-bond acceptors (Lipinski definition) is 4. The molecule has 0 saturated carbocycles. The van der Waals surface area contributed by atoms with E-state index in [0.717, 1.165) is 43.3 Å². The zero-order valence-corrected chi connectivity index (χ0v) is 15.8. The van der Waals surface area contributed by atoms with Gasteiger partial charge >= 0.3 is 0 Å². The smallest absolute Gasteiger partial charge is 0.239 e. The van der Waals surface area contributed by atoms with Gasteiger partial charge in [-0.3, -0.25) is 14.5 Å². The molecule has 1 saturated heterocycles. The average Bonchev–Trinajstić information content (AvgIpc) is 2.61. The molecule has 1 N–H and O–H groups in total. The number of piperazine rings is 1. The predicted molar refractivity (Wildman–Crippen MR) is 101 cm³/mol. The second-order valence-electron chi connectivity index (χ2n) is 6.31. The maximum atomic E-state index is 12.3. The SMILES string of the molecule is CCCNC(=O)CN(C)C(=O)CN1CCN(c2ccccc2Cl)CC1. The van der Waals surface area contributed by atoms with Crippen LogP contribution in [0, 0.1) is 0 Å². The number of likely N-dealkylation sites (N-methyl/N-ethyl adjacent to an activating group) is 1. The van der Waals surface area contributed by atoms with Gasteiger partial charge in [0, 0.05) is 39.8 Å². The summed E-state index contributed by atoms with van der Waals surface area (Å²) in [5, 5.41) is 3.54. The zero-order valence-electron chi connectivity index (χ0n) is 15.0. The molecule has 1 aliphatic heterocycles. The highest BCUT2D eigenvalue weighted by Crippen LogP contribution is 2.25. The van der Waals surface area contributed by atoms with Crippen LogP contribution in [0.25, 0.3) is 0 Å². The van der Waals surface area contributed by atoms with Crippen LogP contribution in [-0.2, 0) is 9.59 Å². The maximum absolute atomic E-state index is 12.3. The molecule has 0 radical (unpaired) electrons. The molecule has 1 aliphatic rings. The molecular formula is C18H27ClN4O2. The Kier molecular flexibility index (Phi) is 7.52. The highest BCUT2D eigenvalue weighted by molar-refractivity contribution is 6.33. The summed E-state index contributed by atoms with van der Waals surface area (Å²) < 4.78 is 0. The molecule has 0 unspecified atom stereocenters. The number of para-hydroxylation sites is 1. The summed E-state index contributed by atoms with van der Waals surface area (Å²) in [6, 6.07) is 7.82. The molecule has 138 valence electrons. The van der Waals surface area contributed by atoms with Gasteiger partial charge in [0.25, 0.3) is 0 Å². The van der Waals surface area contributed by atoms with Crippen molar-refractivity contribution in [1.29, 1.82) is 0 Å². The van der Waals surface area contributed by atoms with E-state index in [1.54, 1.807) is 7.05 Å². The van der Waals surface area contributed by atoms with E-state index in [-0.39, 0.29) is 18.4 Å². The number of nitrogens with zero attached hydrogens (tertiary/aromatic N) is 3. The van der Waals surface area contributed by atoms with Crippen molar-refractivity contribution in [3.05, 3.63) is 29.3 Å². The van der Waals surface area contributed by atoms with Gasteiger partial charge < -0.3 is 15.1 Å². The Labute approximate surface area is 154 Å². The molecule has 0 atom stereocenters. The molecule has 2 amide bonds. The van der Waals surface area contributed by atoms with E-state index >= 15 is 0 Å². The Hall–Kier alpha value is -1.79. The Balaban J connectivity index is 1.76. The summed E-state index contributed by atoms with van der Waals surface area (Å²) >= 11 is 6.25. The minimum atomic E-state index is -0.110. The van der Waals surface area contributed by atoms with Crippen molar-refractivity contribution >= 4 is 29.1 Å². The van der Waals surface area contributed by atoms with Crippen LogP contribution in [0.1, 0.15) is 13.3 Å². The quantitative estimate of drug-likeness (QED) is 0.793. The first-order chi connectivity index (χ1) is 12.0. The number of nitrogens with one attached hydrogen (secondary N) is 1. The van der Waals surface area contributed by atoms with E-state index < -0.39 is 0 Å². The molecule has 0 aromatic heterocycles. The number of carbonyl (C=O) groups excluding carboxylic acids is 2. The summed E-state index contributed by atoms with van der Waals surface area (Å²) in [5.41, 5.74) is 1.04. The van der Waals surface area contributed by atoms with E-state index in [4.69, 9.17) is 11.6 Å². The molecule has 0 spiro atoms. The van der Waals surface area contributed by atoms with Crippen LogP contribution in [-0.4, -0.2) is 74.5 Å². The van der Waals surface area contributed by atoms with Crippen molar-refractivity contribution in [2.75, 3.05) is 57.8 Å². The van der Waals surface area contributed by atoms with Crippen molar-refractivity contribution in [2.24, 2.45) is 0 Å². The number of halogens is 1. The standard InChI is InChI=1S/C18H27ClN4O2/c1-3-8-20-17(24)13-21(2)18(25)14-22-9-11-23(12-10-22)16-7-5-4-6-15(16)19/h4-7H,3,8-14H2,1-2H3,(H,20,24). The van der Waals surface area contributed by atoms with E-state index in [1.165, 1.54) is 4.90 Å². The monoisotopic (exact) mass is 366 g/mol. The van der Waals surface area contributed by atoms with Gasteiger partial charge in [-0.25, -0.2) is 0 Å². The number of rotatable bonds is 7. The van der Waals surface area contributed by atoms with Crippen molar-refractivity contribution < 1.29 is 9.59 Å². The summed E-state index contributed by atoms with van der Waals surface area (Å²) in [6.07, 6.45) is 0.888. The van der Waals surface area contributed by atoms with Crippen LogP contribution in [0.5, 0.6) is 0 Å². The van der Waals surface area contributed by atoms with Crippen molar-refractivity contribution in [2.45, 2.75) is 13.3 Å². The Bertz CT molecular complexity index is 588. The second-order valence-corrected chi connectivity index (χ2v) is 6.72. The van der Waals surface area contributed by atoms with Crippen molar-refractivity contribution in [3.63, 3.8) is 0 Å². The Morgan fingerprint density at radius 2 is 1.88 bits per heavy atom. The summed E-state index contributed by atoms with van der Waals surface area (Å²) in [6.45, 7) is 6.35. The molecule has 1 fully saturated rings. The largest absolute Gasteiger partial charge is 0.368 e. The molecule has 7 heteroatoms. The van der Waals surface area contributed by atoms with E-state index in [9.17, 15) is 9.59 Å². The number of amides is 2. The highest BCUT2D eigenvalue weighted by Gasteiger charge is 2.22. The molecule has 1 aromatic rings. The maximum Gasteiger partial charge on any atom is 0.239 e. The van der Waals surface area contributed by atoms with Gasteiger partial charge in [-0.15, -0.1) is 0 Å². The lowest BCUT2D eigenvalue weighted by Gasteiger charge is -2.36. The topological polar surface area (TPSA) is 55.9 Å². The lowest BCUT2D eigenvalue weighted by molar-refractivity contribution is -0.135. The fourth-order valence-electron chi connectivity index (χ4n) is 2.79. The number of hydrogen-bond donors (Lipinski definition) is 1. The van der Waals surface area contributed by atoms with Gasteiger partial charge in [0.2, 0.25) is 11.8 Å². The number of anilines is 1. The van der Waals surface area contributed by atoms with E-state index in [0.29, 0.717) is 13.1 Å². The molecule has 1 aromatic carbocycles. The van der Waals surface area contributed by atoms with Gasteiger partial charge in [-0.2, -0.15) is 0 Å². The first kappa shape index (κ1) is 19.5. The first-order valence-corrected chi connectivity index (χ1v) is 9.11. The predicted octanol–water partition coefficient (Wildman–Crippen LogP) is 1.45. The third-order valence-electron chi connectivity index (χ3n) is 4.30. The lowest BCUT2D eigenvalue weighted by Crippen LogP contribution is -2.50. The zero-order chi connectivity index (χ0) is 18.2. The summed E-state index contributed by atoms with van der Waals surface area (Å²) in [4.78, 5) is 29.9. The molecule has 0 aliphatic carbocycles. The number of carbonyl (C=O) groups is 2. The third-order valence-corrected chi connectivity index (χ3v) is 4.62. The fraction of sp³-hybridized carbons (Fsp3) is 0.556. The first-order valence-electron chi connectivity index (χ1n) is 8.73. The fourth-order valence-corrected chi connectivity index (χ4v) is 3.05. The molecule has 25 heavy (non-hydrogen) atoms. The van der Waals surface area contributed by atoms with Crippen LogP contribution in [0.15, 0.2) is 24.3 Å².